The Labute approximate surface area is 183 Å². The summed E-state index contributed by atoms with van der Waals surface area (Å²) < 4.78 is 16.0. The Balaban J connectivity index is 1.69. The Kier molecular flexibility index (Phi) is 5.07. The number of guanidine groups is 2. The van der Waals surface area contributed by atoms with E-state index in [-0.39, 0.29) is 24.0 Å². The molecule has 13 heteroatoms. The zero-order valence-electron chi connectivity index (χ0n) is 17.8. The molecule has 1 aromatic carbocycles. The van der Waals surface area contributed by atoms with Gasteiger partial charge >= 0.3 is 5.97 Å². The highest BCUT2D eigenvalue weighted by atomic mass is 16.6. The average molecular weight is 450 g/mol. The van der Waals surface area contributed by atoms with Crippen molar-refractivity contribution in [2.24, 2.45) is 21.5 Å². The van der Waals surface area contributed by atoms with Crippen LogP contribution in [0.2, 0.25) is 0 Å². The molecule has 13 nitrogen and oxygen atoms in total. The fraction of sp³-hybridized carbons (Fsp3) is 0.526. The van der Waals surface area contributed by atoms with Crippen LogP contribution in [-0.4, -0.2) is 100 Å². The van der Waals surface area contributed by atoms with Crippen molar-refractivity contribution in [3.05, 3.63) is 23.8 Å². The van der Waals surface area contributed by atoms with E-state index in [1.165, 1.54) is 38.2 Å². The van der Waals surface area contributed by atoms with Gasteiger partial charge in [0.2, 0.25) is 11.6 Å². The maximum absolute atomic E-state index is 12.9. The molecule has 1 aromatic rings. The maximum Gasteiger partial charge on any atom is 0.338 e. The highest BCUT2D eigenvalue weighted by Crippen LogP contribution is 2.50. The average Bonchev–Trinajstić information content (AvgIpc) is 3.18. The van der Waals surface area contributed by atoms with Crippen LogP contribution in [0.25, 0.3) is 0 Å². The smallest absolute Gasteiger partial charge is 0.338 e. The minimum Gasteiger partial charge on any atom is -0.493 e. The second-order valence-electron chi connectivity index (χ2n) is 7.93. The van der Waals surface area contributed by atoms with Crippen molar-refractivity contribution in [1.82, 2.24) is 9.96 Å². The Bertz CT molecular complexity index is 998. The molecule has 0 aliphatic carbocycles. The molecule has 0 radical (unpaired) electrons. The van der Waals surface area contributed by atoms with E-state index in [1.54, 1.807) is 6.07 Å². The Morgan fingerprint density at radius 1 is 1.22 bits per heavy atom. The number of methoxy groups -OCH3 is 2. The summed E-state index contributed by atoms with van der Waals surface area (Å²) in [5.41, 5.74) is 8.46. The molecule has 3 heterocycles. The quantitative estimate of drug-likeness (QED) is 0.314. The van der Waals surface area contributed by atoms with Crippen LogP contribution in [0.3, 0.4) is 0 Å². The molecule has 5 atom stereocenters. The number of carbonyl (C=O) groups excluding carboxylic acids is 1. The molecule has 32 heavy (non-hydrogen) atoms. The molecule has 0 aromatic heterocycles. The van der Waals surface area contributed by atoms with Crippen LogP contribution in [0.1, 0.15) is 17.3 Å². The largest absolute Gasteiger partial charge is 0.493 e. The lowest BCUT2D eigenvalue weighted by Crippen LogP contribution is -2.76. The number of benzene rings is 1. The Morgan fingerprint density at radius 2 is 1.91 bits per heavy atom. The second-order valence-corrected chi connectivity index (χ2v) is 7.93. The van der Waals surface area contributed by atoms with E-state index in [1.807, 2.05) is 0 Å². The third-order valence-corrected chi connectivity index (χ3v) is 6.35. The summed E-state index contributed by atoms with van der Waals surface area (Å²) in [6.45, 7) is 0.838. The Morgan fingerprint density at radius 3 is 2.53 bits per heavy atom. The highest BCUT2D eigenvalue weighted by Gasteiger charge is 2.75. The van der Waals surface area contributed by atoms with Crippen molar-refractivity contribution in [1.29, 1.82) is 0 Å². The molecule has 1 saturated heterocycles. The van der Waals surface area contributed by atoms with Crippen LogP contribution in [0.4, 0.5) is 0 Å². The lowest BCUT2D eigenvalue weighted by molar-refractivity contribution is -0.228. The van der Waals surface area contributed by atoms with E-state index >= 15 is 0 Å². The van der Waals surface area contributed by atoms with Gasteiger partial charge in [0.15, 0.2) is 23.6 Å². The fourth-order valence-electron chi connectivity index (χ4n) is 4.75. The lowest BCUT2D eigenvalue weighted by Gasteiger charge is -2.51. The van der Waals surface area contributed by atoms with Crippen LogP contribution in [-0.2, 0) is 4.74 Å². The number of aliphatic imine (C=N–C) groups is 2. The first-order valence-electron chi connectivity index (χ1n) is 9.83. The van der Waals surface area contributed by atoms with Crippen LogP contribution >= 0.6 is 0 Å². The van der Waals surface area contributed by atoms with Gasteiger partial charge in [-0.25, -0.2) is 14.8 Å². The van der Waals surface area contributed by atoms with Gasteiger partial charge in [-0.05, 0) is 25.1 Å². The molecule has 0 bridgehead atoms. The van der Waals surface area contributed by atoms with Crippen molar-refractivity contribution in [3.8, 4) is 11.5 Å². The first-order valence-corrected chi connectivity index (χ1v) is 9.83. The normalized spacial score (nSPS) is 33.2. The summed E-state index contributed by atoms with van der Waals surface area (Å²) in [6.07, 6.45) is -1.16. The standard InChI is InChI=1S/C19H26N6O7/c1-18(28)13(32-15(27)9-4-5-11(30-2)12(6-9)31-3)7-24-16(20)22-10(8-26)14-19(18,24)25(29)17(21)23-14/h4-6,10,13-14,26,28-29H,7-8H2,1-3H3,(H2,20,22)(H2,21,23). The predicted molar refractivity (Wildman–Crippen MR) is 110 cm³/mol. The van der Waals surface area contributed by atoms with Crippen LogP contribution in [0, 0.1) is 0 Å². The van der Waals surface area contributed by atoms with E-state index in [2.05, 4.69) is 9.98 Å². The third-order valence-electron chi connectivity index (χ3n) is 6.35. The van der Waals surface area contributed by atoms with Crippen molar-refractivity contribution < 1.29 is 34.4 Å². The molecule has 4 rings (SSSR count). The molecule has 0 saturated carbocycles. The fourth-order valence-corrected chi connectivity index (χ4v) is 4.75. The number of hydroxylamine groups is 2. The van der Waals surface area contributed by atoms with Gasteiger partial charge < -0.3 is 40.8 Å². The predicted octanol–water partition coefficient (Wildman–Crippen LogP) is -1.93. The molecule has 3 aliphatic heterocycles. The van der Waals surface area contributed by atoms with E-state index < -0.39 is 42.0 Å². The summed E-state index contributed by atoms with van der Waals surface area (Å²) in [7, 11) is 2.91. The summed E-state index contributed by atoms with van der Waals surface area (Å²) in [6, 6.07) is 2.66. The number of esters is 1. The zero-order valence-corrected chi connectivity index (χ0v) is 17.8. The molecular formula is C19H26N6O7. The first kappa shape index (κ1) is 21.9. The van der Waals surface area contributed by atoms with Gasteiger partial charge in [0.05, 0.1) is 32.9 Å². The number of rotatable bonds is 5. The number of carbonyl (C=O) groups is 1. The Hall–Kier alpha value is -3.29. The van der Waals surface area contributed by atoms with Gasteiger partial charge in [0.25, 0.3) is 0 Å². The van der Waals surface area contributed by atoms with Crippen LogP contribution in [0.15, 0.2) is 28.2 Å². The third kappa shape index (κ3) is 2.71. The molecule has 7 N–H and O–H groups in total. The van der Waals surface area contributed by atoms with Crippen molar-refractivity contribution in [3.63, 3.8) is 0 Å². The minimum absolute atomic E-state index is 0.0609. The minimum atomic E-state index is -1.92. The van der Waals surface area contributed by atoms with Gasteiger partial charge in [-0.3, -0.25) is 5.21 Å². The number of aliphatic hydroxyl groups excluding tert-OH is 1. The van der Waals surface area contributed by atoms with E-state index in [9.17, 15) is 20.2 Å². The van der Waals surface area contributed by atoms with E-state index in [0.717, 1.165) is 0 Å². The summed E-state index contributed by atoms with van der Waals surface area (Å²) >= 11 is 0. The topological polar surface area (TPSA) is 189 Å². The molecule has 174 valence electrons. The van der Waals surface area contributed by atoms with Gasteiger partial charge in [-0.2, -0.15) is 5.06 Å². The van der Waals surface area contributed by atoms with E-state index in [4.69, 9.17) is 25.7 Å². The van der Waals surface area contributed by atoms with Crippen molar-refractivity contribution >= 4 is 17.9 Å². The number of aliphatic hydroxyl groups is 2. The van der Waals surface area contributed by atoms with Crippen LogP contribution < -0.4 is 20.9 Å². The second kappa shape index (κ2) is 7.39. The summed E-state index contributed by atoms with van der Waals surface area (Å²) in [5, 5.41) is 32.8. The monoisotopic (exact) mass is 450 g/mol. The number of ether oxygens (including phenoxy) is 3. The molecule has 1 spiro atoms. The number of nitrogens with zero attached hydrogens (tertiary/aromatic N) is 4. The van der Waals surface area contributed by atoms with Crippen molar-refractivity contribution in [2.75, 3.05) is 27.4 Å². The van der Waals surface area contributed by atoms with Gasteiger partial charge in [-0.1, -0.05) is 0 Å². The van der Waals surface area contributed by atoms with E-state index in [0.29, 0.717) is 16.6 Å². The molecule has 5 unspecified atom stereocenters. The summed E-state index contributed by atoms with van der Waals surface area (Å²) in [5.74, 6) is -0.319. The van der Waals surface area contributed by atoms with Crippen molar-refractivity contribution in [2.45, 2.75) is 36.4 Å². The van der Waals surface area contributed by atoms with Gasteiger partial charge in [0, 0.05) is 0 Å². The lowest BCUT2D eigenvalue weighted by atomic mass is 9.79. The number of hydrogen-bond donors (Lipinski definition) is 5. The molecular weight excluding hydrogens is 424 g/mol. The summed E-state index contributed by atoms with van der Waals surface area (Å²) in [4.78, 5) is 22.7. The first-order chi connectivity index (χ1) is 15.1. The van der Waals surface area contributed by atoms with Gasteiger partial charge in [-0.15, -0.1) is 0 Å². The molecule has 3 aliphatic rings. The SMILES string of the molecule is COc1ccc(C(=O)OC2CN3C(N)=NC(CO)C4N=C(N)N(O)C43C2(C)O)cc1OC. The number of hydrogen-bond acceptors (Lipinski definition) is 13. The zero-order chi connectivity index (χ0) is 23.4. The maximum atomic E-state index is 12.9. The molecule has 1 fully saturated rings. The molecule has 0 amide bonds. The number of nitrogens with two attached hydrogens (primary N) is 2. The highest BCUT2D eigenvalue weighted by molar-refractivity contribution is 5.91. The van der Waals surface area contributed by atoms with Gasteiger partial charge in [0.1, 0.15) is 17.7 Å². The van der Waals surface area contributed by atoms with Crippen LogP contribution in [0.5, 0.6) is 11.5 Å².